The van der Waals surface area contributed by atoms with Crippen molar-refractivity contribution in [2.45, 2.75) is 6.92 Å². The molecule has 122 valence electrons. The Kier molecular flexibility index (Phi) is 7.10. The molecule has 0 saturated carbocycles. The van der Waals surface area contributed by atoms with Crippen molar-refractivity contribution in [3.05, 3.63) is 45.5 Å². The number of carbonyl (C=O) groups is 2. The lowest BCUT2D eigenvalue weighted by molar-refractivity contribution is -0.384. The molecule has 0 saturated heterocycles. The van der Waals surface area contributed by atoms with Gasteiger partial charge in [-0.05, 0) is 25.2 Å². The Bertz CT molecular complexity index is 678. The average molecular weight is 358 g/mol. The number of carbonyl (C=O) groups excluding carboxylic acids is 2. The van der Waals surface area contributed by atoms with Crippen LogP contribution in [0.3, 0.4) is 0 Å². The Hall–Kier alpha value is -2.52. The van der Waals surface area contributed by atoms with Crippen LogP contribution >= 0.6 is 23.8 Å². The number of hydrogen-bond acceptors (Lipinski definition) is 6. The monoisotopic (exact) mass is 357 g/mol. The summed E-state index contributed by atoms with van der Waals surface area (Å²) < 4.78 is 4.61. The summed E-state index contributed by atoms with van der Waals surface area (Å²) in [6.45, 7) is 1.84. The summed E-state index contributed by atoms with van der Waals surface area (Å²) in [5.74, 6) is -1.30. The molecule has 2 N–H and O–H groups in total. The SMILES string of the molecule is CCOC(=O)/C=C/C(=O)NC(=S)Nc1ccc([N+](=O)[O-])cc1Cl. The third kappa shape index (κ3) is 6.41. The predicted octanol–water partition coefficient (Wildman–Crippen LogP) is 2.18. The van der Waals surface area contributed by atoms with E-state index in [1.165, 1.54) is 12.1 Å². The quantitative estimate of drug-likeness (QED) is 0.273. The lowest BCUT2D eigenvalue weighted by Crippen LogP contribution is -2.33. The van der Waals surface area contributed by atoms with Gasteiger partial charge >= 0.3 is 5.97 Å². The van der Waals surface area contributed by atoms with Gasteiger partial charge in [-0.2, -0.15) is 0 Å². The van der Waals surface area contributed by atoms with Crippen molar-refractivity contribution in [2.75, 3.05) is 11.9 Å². The number of amides is 1. The minimum absolute atomic E-state index is 0.0675. The normalized spacial score (nSPS) is 10.2. The van der Waals surface area contributed by atoms with Crippen LogP contribution < -0.4 is 10.6 Å². The number of esters is 1. The molecule has 23 heavy (non-hydrogen) atoms. The first kappa shape index (κ1) is 18.5. The van der Waals surface area contributed by atoms with Gasteiger partial charge in [0, 0.05) is 24.3 Å². The van der Waals surface area contributed by atoms with Crippen LogP contribution in [0.2, 0.25) is 5.02 Å². The Labute approximate surface area is 141 Å². The minimum Gasteiger partial charge on any atom is -0.463 e. The van der Waals surface area contributed by atoms with E-state index in [9.17, 15) is 19.7 Å². The first-order valence-corrected chi connectivity index (χ1v) is 7.02. The standard InChI is InChI=1S/C13H12ClN3O5S/c1-2-22-12(19)6-5-11(18)16-13(23)15-10-4-3-8(17(20)21)7-9(10)14/h3-7H,2H2,1H3,(H2,15,16,18,23)/b6-5+. The fourth-order valence-electron chi connectivity index (χ4n) is 1.36. The van der Waals surface area contributed by atoms with Gasteiger partial charge in [-0.3, -0.25) is 20.2 Å². The summed E-state index contributed by atoms with van der Waals surface area (Å²) in [7, 11) is 0. The van der Waals surface area contributed by atoms with Crippen LogP contribution in [0.4, 0.5) is 11.4 Å². The van der Waals surface area contributed by atoms with Gasteiger partial charge in [0.05, 0.1) is 22.2 Å². The number of non-ortho nitro benzene ring substituents is 1. The van der Waals surface area contributed by atoms with E-state index in [-0.39, 0.29) is 28.1 Å². The summed E-state index contributed by atoms with van der Waals surface area (Å²) in [5, 5.41) is 15.5. The molecule has 0 radical (unpaired) electrons. The minimum atomic E-state index is -0.653. The van der Waals surface area contributed by atoms with Crippen molar-refractivity contribution >= 4 is 52.2 Å². The van der Waals surface area contributed by atoms with Crippen LogP contribution in [0.1, 0.15) is 6.92 Å². The third-order valence-electron chi connectivity index (χ3n) is 2.31. The summed E-state index contributed by atoms with van der Waals surface area (Å²) >= 11 is 10.8. The molecule has 0 aliphatic rings. The number of benzene rings is 1. The molecule has 0 atom stereocenters. The van der Waals surface area contributed by atoms with Gasteiger partial charge in [-0.25, -0.2) is 4.79 Å². The van der Waals surface area contributed by atoms with E-state index in [0.29, 0.717) is 0 Å². The molecule has 0 aromatic heterocycles. The maximum Gasteiger partial charge on any atom is 0.330 e. The van der Waals surface area contributed by atoms with E-state index in [0.717, 1.165) is 18.2 Å². The molecule has 0 unspecified atom stereocenters. The molecule has 0 bridgehead atoms. The second-order valence-corrected chi connectivity index (χ2v) is 4.77. The zero-order valence-corrected chi connectivity index (χ0v) is 13.4. The molecule has 10 heteroatoms. The summed E-state index contributed by atoms with van der Waals surface area (Å²) in [5.41, 5.74) is 0.116. The van der Waals surface area contributed by atoms with Crippen LogP contribution in [0.5, 0.6) is 0 Å². The molecular weight excluding hydrogens is 346 g/mol. The van der Waals surface area contributed by atoms with Crippen LogP contribution in [-0.4, -0.2) is 28.5 Å². The molecule has 0 spiro atoms. The van der Waals surface area contributed by atoms with Gasteiger partial charge in [0.15, 0.2) is 5.11 Å². The molecular formula is C13H12ClN3O5S. The van der Waals surface area contributed by atoms with Crippen LogP contribution in [0, 0.1) is 10.1 Å². The number of halogens is 1. The number of hydrogen-bond donors (Lipinski definition) is 2. The molecule has 1 rings (SSSR count). The molecule has 0 aliphatic heterocycles. The number of nitrogens with one attached hydrogen (secondary N) is 2. The van der Waals surface area contributed by atoms with E-state index < -0.39 is 16.8 Å². The smallest absolute Gasteiger partial charge is 0.330 e. The largest absolute Gasteiger partial charge is 0.463 e. The van der Waals surface area contributed by atoms with Crippen molar-refractivity contribution in [3.8, 4) is 0 Å². The van der Waals surface area contributed by atoms with E-state index in [1.807, 2.05) is 0 Å². The topological polar surface area (TPSA) is 111 Å². The first-order valence-electron chi connectivity index (χ1n) is 6.24. The predicted molar refractivity (Wildman–Crippen MR) is 88.2 cm³/mol. The van der Waals surface area contributed by atoms with Gasteiger partial charge in [-0.1, -0.05) is 11.6 Å². The highest BCUT2D eigenvalue weighted by molar-refractivity contribution is 7.80. The first-order chi connectivity index (χ1) is 10.8. The Morgan fingerprint density at radius 3 is 2.70 bits per heavy atom. The molecule has 1 amide bonds. The van der Waals surface area contributed by atoms with E-state index in [4.69, 9.17) is 23.8 Å². The fourth-order valence-corrected chi connectivity index (χ4v) is 1.79. The number of rotatable bonds is 5. The van der Waals surface area contributed by atoms with E-state index in [1.54, 1.807) is 6.92 Å². The van der Waals surface area contributed by atoms with Crippen LogP contribution in [-0.2, 0) is 14.3 Å². The zero-order valence-electron chi connectivity index (χ0n) is 11.9. The molecule has 0 heterocycles. The lowest BCUT2D eigenvalue weighted by Gasteiger charge is -2.09. The van der Waals surface area contributed by atoms with Crippen LogP contribution in [0.25, 0.3) is 0 Å². The second-order valence-electron chi connectivity index (χ2n) is 3.95. The zero-order chi connectivity index (χ0) is 17.4. The number of nitrogens with zero attached hydrogens (tertiary/aromatic N) is 1. The van der Waals surface area contributed by atoms with Gasteiger partial charge < -0.3 is 10.1 Å². The van der Waals surface area contributed by atoms with Crippen molar-refractivity contribution in [1.29, 1.82) is 0 Å². The van der Waals surface area contributed by atoms with Crippen molar-refractivity contribution in [1.82, 2.24) is 5.32 Å². The number of nitro groups is 1. The fraction of sp³-hybridized carbons (Fsp3) is 0.154. The Balaban J connectivity index is 2.61. The average Bonchev–Trinajstić information content (AvgIpc) is 2.47. The number of nitro benzene ring substituents is 1. The van der Waals surface area contributed by atoms with E-state index >= 15 is 0 Å². The number of thiocarbonyl (C=S) groups is 1. The molecule has 0 aliphatic carbocycles. The van der Waals surface area contributed by atoms with Gasteiger partial charge in [-0.15, -0.1) is 0 Å². The second kappa shape index (κ2) is 8.81. The highest BCUT2D eigenvalue weighted by Gasteiger charge is 2.11. The maximum absolute atomic E-state index is 11.5. The van der Waals surface area contributed by atoms with Crippen LogP contribution in [0.15, 0.2) is 30.4 Å². The summed E-state index contributed by atoms with van der Waals surface area (Å²) in [6.07, 6.45) is 1.92. The Morgan fingerprint density at radius 2 is 2.13 bits per heavy atom. The number of anilines is 1. The maximum atomic E-state index is 11.5. The summed E-state index contributed by atoms with van der Waals surface area (Å²) in [4.78, 5) is 32.6. The molecule has 8 nitrogen and oxygen atoms in total. The van der Waals surface area contributed by atoms with Gasteiger partial charge in [0.2, 0.25) is 5.91 Å². The van der Waals surface area contributed by atoms with Crippen molar-refractivity contribution < 1.29 is 19.2 Å². The summed E-state index contributed by atoms with van der Waals surface area (Å²) in [6, 6.07) is 3.74. The Morgan fingerprint density at radius 1 is 1.43 bits per heavy atom. The van der Waals surface area contributed by atoms with Crippen molar-refractivity contribution in [3.63, 3.8) is 0 Å². The number of ether oxygens (including phenoxy) is 1. The molecule has 0 fully saturated rings. The molecule has 1 aromatic rings. The molecule has 1 aromatic carbocycles. The lowest BCUT2D eigenvalue weighted by atomic mass is 10.3. The highest BCUT2D eigenvalue weighted by Crippen LogP contribution is 2.26. The highest BCUT2D eigenvalue weighted by atomic mass is 35.5. The van der Waals surface area contributed by atoms with Gasteiger partial charge in [0.25, 0.3) is 5.69 Å². The van der Waals surface area contributed by atoms with E-state index in [2.05, 4.69) is 15.4 Å². The van der Waals surface area contributed by atoms with Crippen molar-refractivity contribution in [2.24, 2.45) is 0 Å². The van der Waals surface area contributed by atoms with Gasteiger partial charge in [0.1, 0.15) is 0 Å². The third-order valence-corrected chi connectivity index (χ3v) is 2.82.